The maximum Gasteiger partial charge on any atom is 0.223 e. The molecule has 0 fully saturated rings. The van der Waals surface area contributed by atoms with Gasteiger partial charge >= 0.3 is 0 Å². The van der Waals surface area contributed by atoms with Crippen molar-refractivity contribution in [2.45, 2.75) is 39.7 Å². The first kappa shape index (κ1) is 15.9. The van der Waals surface area contributed by atoms with Gasteiger partial charge in [-0.3, -0.25) is 4.79 Å². The van der Waals surface area contributed by atoms with E-state index in [1.54, 1.807) is 0 Å². The summed E-state index contributed by atoms with van der Waals surface area (Å²) in [7, 11) is 0. The Hall–Kier alpha value is -2.62. The van der Waals surface area contributed by atoms with Gasteiger partial charge in [-0.1, -0.05) is 35.9 Å². The molecule has 1 aromatic carbocycles. The minimum atomic E-state index is 0.0257. The van der Waals surface area contributed by atoms with E-state index >= 15 is 0 Å². The highest BCUT2D eigenvalue weighted by Gasteiger charge is 2.27. The number of imidazole rings is 1. The third-order valence-corrected chi connectivity index (χ3v) is 5.04. The van der Waals surface area contributed by atoms with Crippen LogP contribution in [0.3, 0.4) is 0 Å². The number of aromatic nitrogens is 2. The van der Waals surface area contributed by atoms with Crippen LogP contribution in [-0.2, 0) is 24.2 Å². The molecule has 0 saturated carbocycles. The van der Waals surface area contributed by atoms with Gasteiger partial charge in [-0.05, 0) is 43.9 Å². The molecular formula is C21H23N3O. The zero-order valence-corrected chi connectivity index (χ0v) is 14.7. The number of amides is 1. The first-order valence-electron chi connectivity index (χ1n) is 8.90. The van der Waals surface area contributed by atoms with Crippen molar-refractivity contribution in [2.24, 2.45) is 5.92 Å². The Balaban J connectivity index is 1.49. The summed E-state index contributed by atoms with van der Waals surface area (Å²) < 4.78 is 2.16. The second-order valence-corrected chi connectivity index (χ2v) is 7.09. The van der Waals surface area contributed by atoms with Gasteiger partial charge in [-0.25, -0.2) is 4.98 Å². The van der Waals surface area contributed by atoms with Crippen molar-refractivity contribution < 1.29 is 4.79 Å². The first-order valence-corrected chi connectivity index (χ1v) is 8.90. The van der Waals surface area contributed by atoms with Crippen molar-refractivity contribution in [3.05, 3.63) is 70.7 Å². The lowest BCUT2D eigenvalue weighted by molar-refractivity contribution is -0.125. The number of fused-ring (bicyclic) bond motifs is 3. The Kier molecular flexibility index (Phi) is 4.04. The normalized spacial score (nSPS) is 16.6. The number of hydrogen-bond acceptors (Lipinski definition) is 2. The second kappa shape index (κ2) is 6.36. The SMILES string of the molecule is Cc1cccc(CNC(=O)C2CCc3nc4ccc(C)cn4c3C2)c1. The molecule has 1 N–H and O–H groups in total. The molecule has 4 heteroatoms. The van der Waals surface area contributed by atoms with Crippen LogP contribution in [0.4, 0.5) is 0 Å². The molecule has 2 heterocycles. The number of pyridine rings is 1. The van der Waals surface area contributed by atoms with Gasteiger partial charge in [0.05, 0.1) is 5.69 Å². The molecule has 0 spiro atoms. The van der Waals surface area contributed by atoms with Crippen LogP contribution in [0, 0.1) is 19.8 Å². The molecule has 1 aliphatic carbocycles. The van der Waals surface area contributed by atoms with Crippen LogP contribution in [0.5, 0.6) is 0 Å². The van der Waals surface area contributed by atoms with E-state index in [-0.39, 0.29) is 11.8 Å². The number of aryl methyl sites for hydroxylation is 3. The summed E-state index contributed by atoms with van der Waals surface area (Å²) in [4.78, 5) is 17.4. The predicted molar refractivity (Wildman–Crippen MR) is 98.5 cm³/mol. The van der Waals surface area contributed by atoms with Crippen LogP contribution in [0.2, 0.25) is 0 Å². The van der Waals surface area contributed by atoms with Crippen molar-refractivity contribution in [3.63, 3.8) is 0 Å². The lowest BCUT2D eigenvalue weighted by atomic mass is 9.89. The Bertz CT molecular complexity index is 941. The topological polar surface area (TPSA) is 46.4 Å². The average molecular weight is 333 g/mol. The highest BCUT2D eigenvalue weighted by atomic mass is 16.1. The van der Waals surface area contributed by atoms with Crippen LogP contribution in [-0.4, -0.2) is 15.3 Å². The maximum absolute atomic E-state index is 12.7. The van der Waals surface area contributed by atoms with Gasteiger partial charge in [0.25, 0.3) is 0 Å². The van der Waals surface area contributed by atoms with Gasteiger partial charge in [0.15, 0.2) is 0 Å². The Morgan fingerprint density at radius 2 is 2.12 bits per heavy atom. The standard InChI is InChI=1S/C21H23N3O/c1-14-4-3-5-16(10-14)12-22-21(25)17-7-8-18-19(11-17)24-13-15(2)6-9-20(24)23-18/h3-6,9-10,13,17H,7-8,11-12H2,1-2H3,(H,22,25). The average Bonchev–Trinajstić information content (AvgIpc) is 2.97. The van der Waals surface area contributed by atoms with E-state index in [0.29, 0.717) is 6.54 Å². The van der Waals surface area contributed by atoms with Crippen LogP contribution >= 0.6 is 0 Å². The summed E-state index contributed by atoms with van der Waals surface area (Å²) in [6.45, 7) is 4.75. The Morgan fingerprint density at radius 3 is 2.96 bits per heavy atom. The van der Waals surface area contributed by atoms with E-state index in [4.69, 9.17) is 4.98 Å². The van der Waals surface area contributed by atoms with Gasteiger partial charge in [0.2, 0.25) is 5.91 Å². The second-order valence-electron chi connectivity index (χ2n) is 7.09. The molecule has 0 aliphatic heterocycles. The minimum Gasteiger partial charge on any atom is -0.352 e. The molecule has 1 aliphatic rings. The van der Waals surface area contributed by atoms with Gasteiger partial charge in [-0.15, -0.1) is 0 Å². The predicted octanol–water partition coefficient (Wildman–Crippen LogP) is 3.37. The van der Waals surface area contributed by atoms with Crippen LogP contribution in [0.1, 0.15) is 34.5 Å². The molecule has 3 aromatic rings. The fraction of sp³-hybridized carbons (Fsp3) is 0.333. The molecule has 0 saturated heterocycles. The summed E-state index contributed by atoms with van der Waals surface area (Å²) in [6.07, 6.45) is 4.63. The zero-order chi connectivity index (χ0) is 17.4. The summed E-state index contributed by atoms with van der Waals surface area (Å²) in [6, 6.07) is 12.4. The minimum absolute atomic E-state index is 0.0257. The van der Waals surface area contributed by atoms with E-state index in [1.165, 1.54) is 16.8 Å². The van der Waals surface area contributed by atoms with Gasteiger partial charge in [-0.2, -0.15) is 0 Å². The third kappa shape index (κ3) is 3.16. The maximum atomic E-state index is 12.7. The number of nitrogens with zero attached hydrogens (tertiary/aromatic N) is 2. The van der Waals surface area contributed by atoms with Gasteiger partial charge < -0.3 is 9.72 Å². The molecule has 25 heavy (non-hydrogen) atoms. The zero-order valence-electron chi connectivity index (χ0n) is 14.7. The summed E-state index contributed by atoms with van der Waals surface area (Å²) >= 11 is 0. The smallest absolute Gasteiger partial charge is 0.223 e. The summed E-state index contributed by atoms with van der Waals surface area (Å²) in [5.41, 5.74) is 6.90. The number of hydrogen-bond donors (Lipinski definition) is 1. The first-order chi connectivity index (χ1) is 12.1. The fourth-order valence-corrected chi connectivity index (χ4v) is 3.69. The fourth-order valence-electron chi connectivity index (χ4n) is 3.69. The van der Waals surface area contributed by atoms with Crippen LogP contribution < -0.4 is 5.32 Å². The molecule has 0 radical (unpaired) electrons. The number of nitrogens with one attached hydrogen (secondary N) is 1. The van der Waals surface area contributed by atoms with E-state index in [0.717, 1.165) is 36.2 Å². The summed E-state index contributed by atoms with van der Waals surface area (Å²) in [5.74, 6) is 0.174. The molecule has 4 nitrogen and oxygen atoms in total. The molecule has 128 valence electrons. The van der Waals surface area contributed by atoms with Crippen molar-refractivity contribution in [3.8, 4) is 0 Å². The Labute approximate surface area is 147 Å². The van der Waals surface area contributed by atoms with Crippen molar-refractivity contribution in [1.82, 2.24) is 14.7 Å². The molecule has 4 rings (SSSR count). The molecule has 1 atom stereocenters. The highest BCUT2D eigenvalue weighted by molar-refractivity contribution is 5.79. The lowest BCUT2D eigenvalue weighted by Gasteiger charge is -2.21. The van der Waals surface area contributed by atoms with Crippen LogP contribution in [0.25, 0.3) is 5.65 Å². The number of benzene rings is 1. The number of carbonyl (C=O) groups excluding carboxylic acids is 1. The van der Waals surface area contributed by atoms with Crippen molar-refractivity contribution in [1.29, 1.82) is 0 Å². The molecule has 1 amide bonds. The number of rotatable bonds is 3. The highest BCUT2D eigenvalue weighted by Crippen LogP contribution is 2.27. The quantitative estimate of drug-likeness (QED) is 0.799. The van der Waals surface area contributed by atoms with E-state index in [9.17, 15) is 4.79 Å². The Morgan fingerprint density at radius 1 is 1.24 bits per heavy atom. The van der Waals surface area contributed by atoms with E-state index in [2.05, 4.69) is 60.1 Å². The monoisotopic (exact) mass is 333 g/mol. The summed E-state index contributed by atoms with van der Waals surface area (Å²) in [5, 5.41) is 3.11. The van der Waals surface area contributed by atoms with Crippen molar-refractivity contribution >= 4 is 11.6 Å². The van der Waals surface area contributed by atoms with E-state index < -0.39 is 0 Å². The molecule has 1 unspecified atom stereocenters. The number of carbonyl (C=O) groups is 1. The molecular weight excluding hydrogens is 310 g/mol. The molecule has 0 bridgehead atoms. The lowest BCUT2D eigenvalue weighted by Crippen LogP contribution is -2.34. The molecule has 2 aromatic heterocycles. The van der Waals surface area contributed by atoms with Crippen molar-refractivity contribution in [2.75, 3.05) is 0 Å². The van der Waals surface area contributed by atoms with Gasteiger partial charge in [0, 0.05) is 30.8 Å². The van der Waals surface area contributed by atoms with Gasteiger partial charge in [0.1, 0.15) is 5.65 Å². The third-order valence-electron chi connectivity index (χ3n) is 5.04. The van der Waals surface area contributed by atoms with E-state index in [1.807, 2.05) is 6.07 Å². The largest absolute Gasteiger partial charge is 0.352 e. The van der Waals surface area contributed by atoms with Crippen LogP contribution in [0.15, 0.2) is 42.6 Å².